The number of aliphatic carboxylic acids is 4. The van der Waals surface area contributed by atoms with E-state index < -0.39 is 85.2 Å². The summed E-state index contributed by atoms with van der Waals surface area (Å²) < 4.78 is 83.2. The fourth-order valence-electron chi connectivity index (χ4n) is 11.6. The molecule has 11 N–H and O–H groups in total. The fourth-order valence-corrected chi connectivity index (χ4v) is 11.6. The van der Waals surface area contributed by atoms with Crippen LogP contribution < -0.4 is 57.3 Å². The Labute approximate surface area is 641 Å². The largest absolute Gasteiger partial charge is 0.510 e. The number of aromatic nitrogens is 9. The Kier molecular flexibility index (Phi) is 38.2. The van der Waals surface area contributed by atoms with Crippen LogP contribution in [0.25, 0.3) is 10.8 Å². The smallest absolute Gasteiger partial charge is 0.481 e. The Morgan fingerprint density at radius 1 is 0.549 bits per heavy atom. The summed E-state index contributed by atoms with van der Waals surface area (Å²) in [6, 6.07) is 17.3. The summed E-state index contributed by atoms with van der Waals surface area (Å²) in [4.78, 5) is 157. The van der Waals surface area contributed by atoms with Crippen LogP contribution in [0.15, 0.2) is 122 Å². The zero-order valence-electron chi connectivity index (χ0n) is 61.1. The number of ketones is 1. The number of carbonyl (C=O) groups is 10. The molecule has 1 aliphatic rings. The second kappa shape index (κ2) is 47.5. The number of carboxylic acids is 4. The van der Waals surface area contributed by atoms with Crippen LogP contribution in [0, 0.1) is 17.8 Å². The number of nitrogens with zero attached hydrogens (tertiary/aromatic N) is 9. The predicted octanol–water partition coefficient (Wildman–Crippen LogP) is 2.93. The maximum absolute atomic E-state index is 13.7. The number of benzene rings is 2. The third kappa shape index (κ3) is 34.9. The molecule has 0 radical (unpaired) electrons. The number of fused-ring (bicyclic) bond motifs is 1. The monoisotopic (exact) mass is 1590 g/mol. The highest BCUT2D eigenvalue weighted by molar-refractivity contribution is 6.73. The molecule has 42 heteroatoms. The third-order valence-electron chi connectivity index (χ3n) is 17.5. The number of nitrogens with one attached hydrogen (secondary N) is 7. The number of pyridine rings is 3. The van der Waals surface area contributed by atoms with Crippen LogP contribution >= 0.6 is 0 Å². The summed E-state index contributed by atoms with van der Waals surface area (Å²) in [6.45, 7) is -7.79. The molecule has 1 fully saturated rings. The van der Waals surface area contributed by atoms with Crippen molar-refractivity contribution in [3.05, 3.63) is 150 Å². The number of amides is 7. The second-order valence-corrected chi connectivity index (χ2v) is 26.2. The van der Waals surface area contributed by atoms with Gasteiger partial charge in [0, 0.05) is 70.0 Å². The minimum Gasteiger partial charge on any atom is -0.481 e. The van der Waals surface area contributed by atoms with Gasteiger partial charge in [0.2, 0.25) is 11.8 Å². The first-order valence-corrected chi connectivity index (χ1v) is 35.8. The molecule has 8 rings (SSSR count). The van der Waals surface area contributed by atoms with Gasteiger partial charge in [0.1, 0.15) is 35.8 Å². The highest BCUT2D eigenvalue weighted by atomic mass is 19.4. The van der Waals surface area contributed by atoms with E-state index in [1.54, 1.807) is 33.7 Å². The molecular formula is C71H86B2F6N16O18. The van der Waals surface area contributed by atoms with Crippen molar-refractivity contribution in [2.45, 2.75) is 141 Å². The van der Waals surface area contributed by atoms with E-state index in [2.05, 4.69) is 62.8 Å². The zero-order chi connectivity index (χ0) is 82.9. The lowest BCUT2D eigenvalue weighted by molar-refractivity contribution is -0.688. The molecule has 1 saturated carbocycles. The molecule has 606 valence electrons. The van der Waals surface area contributed by atoms with Gasteiger partial charge in [-0.25, -0.2) is 28.5 Å². The molecule has 5 heterocycles. The molecule has 7 amide bonds. The average Bonchev–Trinajstić information content (AvgIpc) is 1.40. The molecule has 7 aromatic rings. The number of hydrogen-bond acceptors (Lipinski definition) is 19. The SMILES string of the molecule is O=C(O)CC[C@H](NC(=O)NCCCCCNC(=O)[C@@H](CC(=O)C1CCC(CNC(=O)Cn2cc(C[n+]3ccc([B-](F)(F)F)cc3)nn2)CC1)Cc1ccc2ccccc2c1)C(=O)O.O=C(O)CC[C@H](NC(=O)NCCCCCNC(=O)c1ccc(Cn2cc(C[n+]3ccc([B-](F)(F)F)cc3)nn2)nc1)C(=O)O.O=C=O.O=C=O. The van der Waals surface area contributed by atoms with E-state index in [0.717, 1.165) is 53.4 Å². The molecule has 113 heavy (non-hydrogen) atoms. The van der Waals surface area contributed by atoms with Crippen molar-refractivity contribution in [3.63, 3.8) is 0 Å². The standard InChI is InChI=1S/C43H54BF3N8O8.C26H32BF3N8O6.2CO2/c45-44(46,47)35-16-20-54(21-17-35)26-36-27-55(53-52-36)28-39(57)50-25-29-8-12-32(13-9-29)38(56)24-34(23-30-10-11-31-6-2-3-7-33(31)22-30)41(60)48-18-4-1-5-19-49-43(63)51-37(42(61)62)14-15-40(58)59;28-27(29,30)19-8-12-37(13-9-19)15-21-17-38(36-35-21)16-20-5-4-18(14-33-20)24(41)31-10-2-1-3-11-32-26(44)34-22(25(42)43)6-7-23(39)40;2*2-1-3/h2-3,6-7,10-11,16-17,20-22,27,29,32,34,37H,1,4-5,8-9,12-15,18-19,23-26,28H2,(H,48,60)(H,50,57)(H,58,59)(H,61,62)(H2,49,51,63);4-5,8-9,12-14,17,22H,1-3,6-7,10-11,15-16H2,(H,31,41)(H,39,40)(H,42,43)(H2,32,34,44);;/t29?,32?,34-,37+;22-;;/m10../s1. The average molecular weight is 1590 g/mol. The maximum Gasteiger partial charge on any atom is 0.510 e. The number of carboxylic acid groups (broad SMARTS) is 4. The van der Waals surface area contributed by atoms with Gasteiger partial charge in [-0.1, -0.05) is 63.8 Å². The minimum absolute atomic E-state index is 0.0353. The first kappa shape index (κ1) is 91.0. The number of Topliss-reactive ketones (excluding diaryl/α,β-unsaturated/α-hetero) is 1. The van der Waals surface area contributed by atoms with Crippen LogP contribution in [0.2, 0.25) is 0 Å². The maximum atomic E-state index is 13.7. The van der Waals surface area contributed by atoms with Crippen LogP contribution in [-0.2, 0) is 85.3 Å². The van der Waals surface area contributed by atoms with Crippen molar-refractivity contribution >= 4 is 107 Å². The van der Waals surface area contributed by atoms with E-state index >= 15 is 0 Å². The van der Waals surface area contributed by atoms with Gasteiger partial charge in [0.15, 0.2) is 37.9 Å². The van der Waals surface area contributed by atoms with Crippen LogP contribution in [-0.4, -0.2) is 186 Å². The normalized spacial score (nSPS) is 13.8. The summed E-state index contributed by atoms with van der Waals surface area (Å²) in [5, 5.41) is 72.2. The van der Waals surface area contributed by atoms with Gasteiger partial charge < -0.3 is 83.5 Å². The van der Waals surface area contributed by atoms with Crippen LogP contribution in [0.3, 0.4) is 0 Å². The molecule has 0 saturated heterocycles. The third-order valence-corrected chi connectivity index (χ3v) is 17.5. The highest BCUT2D eigenvalue weighted by Crippen LogP contribution is 2.31. The van der Waals surface area contributed by atoms with Gasteiger partial charge in [0.25, 0.3) is 5.91 Å². The first-order chi connectivity index (χ1) is 53.9. The van der Waals surface area contributed by atoms with Gasteiger partial charge in [-0.15, -0.1) is 10.2 Å². The number of halogens is 6. The Morgan fingerprint density at radius 3 is 1.50 bits per heavy atom. The van der Waals surface area contributed by atoms with Crippen molar-refractivity contribution in [2.75, 3.05) is 32.7 Å². The topological polar surface area (TPSA) is 486 Å². The van der Waals surface area contributed by atoms with Crippen LogP contribution in [0.1, 0.15) is 129 Å². The molecule has 3 atom stereocenters. The van der Waals surface area contributed by atoms with Gasteiger partial charge in [-0.3, -0.25) is 33.8 Å². The number of carbonyl (C=O) groups excluding carboxylic acids is 10. The Balaban J connectivity index is 0.000000398. The summed E-state index contributed by atoms with van der Waals surface area (Å²) in [5.74, 6) is -6.33. The molecule has 2 aromatic carbocycles. The van der Waals surface area contributed by atoms with Crippen LogP contribution in [0.4, 0.5) is 35.5 Å². The number of urea groups is 2. The van der Waals surface area contributed by atoms with Crippen molar-refractivity contribution in [3.8, 4) is 0 Å². The van der Waals surface area contributed by atoms with E-state index in [-0.39, 0.29) is 113 Å². The molecule has 1 aliphatic carbocycles. The summed E-state index contributed by atoms with van der Waals surface area (Å²) in [5.41, 5.74) is 1.60. The minimum atomic E-state index is -5.08. The van der Waals surface area contributed by atoms with Crippen molar-refractivity contribution < 1.29 is 123 Å². The highest BCUT2D eigenvalue weighted by Gasteiger charge is 2.32. The van der Waals surface area contributed by atoms with Gasteiger partial charge in [-0.2, -0.15) is 28.3 Å². The van der Waals surface area contributed by atoms with E-state index in [1.807, 2.05) is 42.5 Å². The number of hydrogen-bond donors (Lipinski definition) is 11. The lowest BCUT2D eigenvalue weighted by Crippen LogP contribution is -2.46. The lowest BCUT2D eigenvalue weighted by atomic mass is 9.77. The molecule has 0 spiro atoms. The summed E-state index contributed by atoms with van der Waals surface area (Å²) >= 11 is 0. The molecule has 0 unspecified atom stereocenters. The number of rotatable bonds is 41. The van der Waals surface area contributed by atoms with E-state index in [4.69, 9.17) is 34.5 Å². The van der Waals surface area contributed by atoms with Crippen molar-refractivity contribution in [1.82, 2.24) is 72.2 Å². The van der Waals surface area contributed by atoms with E-state index in [9.17, 15) is 78.9 Å². The van der Waals surface area contributed by atoms with E-state index in [0.29, 0.717) is 100 Å². The van der Waals surface area contributed by atoms with Gasteiger partial charge in [-0.05, 0) is 142 Å². The molecule has 5 aromatic heterocycles. The Hall–Kier alpha value is -12.6. The molecule has 34 nitrogen and oxygen atoms in total. The Bertz CT molecular complexity index is 4340. The molecule has 0 bridgehead atoms. The molecule has 0 aliphatic heterocycles. The predicted molar refractivity (Wildman–Crippen MR) is 384 cm³/mol. The van der Waals surface area contributed by atoms with Crippen LogP contribution in [0.5, 0.6) is 0 Å². The fraction of sp³-hybridized carbons (Fsp3) is 0.423. The first-order valence-electron chi connectivity index (χ1n) is 35.8. The zero-order valence-corrected chi connectivity index (χ0v) is 61.1. The quantitative estimate of drug-likeness (QED) is 0.0114. The molecular weight excluding hydrogens is 1500 g/mol. The van der Waals surface area contributed by atoms with Crippen molar-refractivity contribution in [1.29, 1.82) is 0 Å². The van der Waals surface area contributed by atoms with E-state index in [1.165, 1.54) is 40.3 Å². The second-order valence-electron chi connectivity index (χ2n) is 26.2. The lowest BCUT2D eigenvalue weighted by Gasteiger charge is -2.28. The number of unbranched alkanes of at least 4 members (excludes halogenated alkanes) is 4. The van der Waals surface area contributed by atoms with Crippen molar-refractivity contribution in [2.24, 2.45) is 17.8 Å². The Morgan fingerprint density at radius 2 is 1.03 bits per heavy atom. The van der Waals surface area contributed by atoms with Gasteiger partial charge >= 0.3 is 62.2 Å². The summed E-state index contributed by atoms with van der Waals surface area (Å²) in [7, 11) is 0. The summed E-state index contributed by atoms with van der Waals surface area (Å²) in [6.07, 6.45) is 16.2. The van der Waals surface area contributed by atoms with Gasteiger partial charge in [0.05, 0.1) is 30.2 Å².